The molecule has 2 heteroatoms. The minimum Gasteiger partial charge on any atom is -0.493 e. The molecule has 2 rings (SSSR count). The fourth-order valence-electron chi connectivity index (χ4n) is 2.92. The maximum atomic E-state index is 5.73. The van der Waals surface area contributed by atoms with E-state index in [1.54, 1.807) is 0 Å². The van der Waals surface area contributed by atoms with Crippen molar-refractivity contribution in [3.63, 3.8) is 0 Å². The molecule has 0 amide bonds. The molecule has 1 aliphatic carbocycles. The molecule has 0 radical (unpaired) electrons. The lowest BCUT2D eigenvalue weighted by Crippen LogP contribution is -2.29. The summed E-state index contributed by atoms with van der Waals surface area (Å²) in [5.41, 5.74) is 1.35. The van der Waals surface area contributed by atoms with Crippen LogP contribution >= 0.6 is 0 Å². The highest BCUT2D eigenvalue weighted by Gasteiger charge is 2.22. The Hall–Kier alpha value is -1.02. The highest BCUT2D eigenvalue weighted by Crippen LogP contribution is 2.27. The van der Waals surface area contributed by atoms with Gasteiger partial charge in [-0.3, -0.25) is 0 Å². The Labute approximate surface area is 123 Å². The van der Waals surface area contributed by atoms with Gasteiger partial charge in [-0.15, -0.1) is 0 Å². The van der Waals surface area contributed by atoms with E-state index in [1.807, 2.05) is 0 Å². The summed E-state index contributed by atoms with van der Waals surface area (Å²) in [5.74, 6) is 2.43. The SMILES string of the molecule is CC(C)COc1ccc(C(C)NC2CCC(C)C2)cc1. The van der Waals surface area contributed by atoms with E-state index in [2.05, 4.69) is 57.3 Å². The normalized spacial score (nSPS) is 24.1. The summed E-state index contributed by atoms with van der Waals surface area (Å²) in [4.78, 5) is 0. The molecule has 1 N–H and O–H groups in total. The fourth-order valence-corrected chi connectivity index (χ4v) is 2.92. The molecule has 1 aromatic rings. The molecule has 1 fully saturated rings. The van der Waals surface area contributed by atoms with Crippen LogP contribution in [0.3, 0.4) is 0 Å². The number of hydrogen-bond acceptors (Lipinski definition) is 2. The van der Waals surface area contributed by atoms with E-state index in [9.17, 15) is 0 Å². The summed E-state index contributed by atoms with van der Waals surface area (Å²) in [6.07, 6.45) is 4.01. The van der Waals surface area contributed by atoms with Crippen molar-refractivity contribution in [1.82, 2.24) is 5.32 Å². The molecule has 0 aromatic heterocycles. The molecule has 0 aliphatic heterocycles. The molecule has 1 aliphatic rings. The van der Waals surface area contributed by atoms with E-state index in [0.29, 0.717) is 18.0 Å². The van der Waals surface area contributed by atoms with Gasteiger partial charge in [0.05, 0.1) is 6.61 Å². The zero-order valence-corrected chi connectivity index (χ0v) is 13.4. The Bertz CT molecular complexity index is 398. The van der Waals surface area contributed by atoms with Crippen LogP contribution in [0.5, 0.6) is 5.75 Å². The van der Waals surface area contributed by atoms with Crippen molar-refractivity contribution in [2.24, 2.45) is 11.8 Å². The quantitative estimate of drug-likeness (QED) is 0.821. The fraction of sp³-hybridized carbons (Fsp3) is 0.667. The number of nitrogens with one attached hydrogen (secondary N) is 1. The Balaban J connectivity index is 1.85. The molecule has 2 nitrogen and oxygen atoms in total. The van der Waals surface area contributed by atoms with Gasteiger partial charge in [-0.2, -0.15) is 0 Å². The van der Waals surface area contributed by atoms with Crippen molar-refractivity contribution in [3.8, 4) is 5.75 Å². The number of hydrogen-bond donors (Lipinski definition) is 1. The standard InChI is InChI=1S/C18H29NO/c1-13(2)12-20-18-9-6-16(7-10-18)15(4)19-17-8-5-14(3)11-17/h6-7,9-10,13-15,17,19H,5,8,11-12H2,1-4H3. The van der Waals surface area contributed by atoms with Crippen molar-refractivity contribution in [1.29, 1.82) is 0 Å². The predicted octanol–water partition coefficient (Wildman–Crippen LogP) is 4.56. The minimum absolute atomic E-state index is 0.421. The minimum atomic E-state index is 0.421. The third-order valence-corrected chi connectivity index (χ3v) is 4.14. The first-order valence-electron chi connectivity index (χ1n) is 8.03. The lowest BCUT2D eigenvalue weighted by Gasteiger charge is -2.20. The molecule has 1 aromatic carbocycles. The first-order valence-corrected chi connectivity index (χ1v) is 8.03. The third-order valence-electron chi connectivity index (χ3n) is 4.14. The molecule has 0 spiro atoms. The van der Waals surface area contributed by atoms with Gasteiger partial charge < -0.3 is 10.1 Å². The van der Waals surface area contributed by atoms with Crippen molar-refractivity contribution in [2.45, 2.75) is 59.0 Å². The maximum absolute atomic E-state index is 5.73. The van der Waals surface area contributed by atoms with Gasteiger partial charge in [0.15, 0.2) is 0 Å². The van der Waals surface area contributed by atoms with Crippen LogP contribution in [-0.2, 0) is 0 Å². The van der Waals surface area contributed by atoms with Gasteiger partial charge in [-0.05, 0) is 55.7 Å². The Morgan fingerprint density at radius 1 is 1.15 bits per heavy atom. The number of ether oxygens (including phenoxy) is 1. The average Bonchev–Trinajstić information content (AvgIpc) is 2.82. The van der Waals surface area contributed by atoms with Gasteiger partial charge in [-0.1, -0.05) is 32.9 Å². The van der Waals surface area contributed by atoms with Gasteiger partial charge in [0.1, 0.15) is 5.75 Å². The molecule has 3 unspecified atom stereocenters. The van der Waals surface area contributed by atoms with E-state index < -0.39 is 0 Å². The molecule has 0 bridgehead atoms. The second-order valence-electron chi connectivity index (χ2n) is 6.78. The summed E-state index contributed by atoms with van der Waals surface area (Å²) in [7, 11) is 0. The molecule has 1 saturated carbocycles. The summed E-state index contributed by atoms with van der Waals surface area (Å²) in [5, 5.41) is 3.75. The molecule has 3 atom stereocenters. The first-order chi connectivity index (χ1) is 9.54. The van der Waals surface area contributed by atoms with Crippen molar-refractivity contribution in [2.75, 3.05) is 6.61 Å². The second kappa shape index (κ2) is 7.12. The largest absolute Gasteiger partial charge is 0.493 e. The predicted molar refractivity (Wildman–Crippen MR) is 85.1 cm³/mol. The van der Waals surface area contributed by atoms with Crippen LogP contribution in [0.15, 0.2) is 24.3 Å². The van der Waals surface area contributed by atoms with Crippen LogP contribution in [0.2, 0.25) is 0 Å². The van der Waals surface area contributed by atoms with Gasteiger partial charge in [0.25, 0.3) is 0 Å². The molecular formula is C18H29NO. The zero-order chi connectivity index (χ0) is 14.5. The van der Waals surface area contributed by atoms with Crippen LogP contribution in [0.25, 0.3) is 0 Å². The van der Waals surface area contributed by atoms with E-state index in [0.717, 1.165) is 18.3 Å². The number of rotatable bonds is 6. The topological polar surface area (TPSA) is 21.3 Å². The van der Waals surface area contributed by atoms with Crippen molar-refractivity contribution in [3.05, 3.63) is 29.8 Å². The van der Waals surface area contributed by atoms with Crippen molar-refractivity contribution < 1.29 is 4.74 Å². The Morgan fingerprint density at radius 2 is 1.85 bits per heavy atom. The van der Waals surface area contributed by atoms with Gasteiger partial charge in [-0.25, -0.2) is 0 Å². The van der Waals surface area contributed by atoms with Crippen LogP contribution in [-0.4, -0.2) is 12.6 Å². The summed E-state index contributed by atoms with van der Waals surface area (Å²) in [6, 6.07) is 9.67. The van der Waals surface area contributed by atoms with Crippen LogP contribution in [0.1, 0.15) is 58.6 Å². The molecule has 20 heavy (non-hydrogen) atoms. The van der Waals surface area contributed by atoms with Crippen molar-refractivity contribution >= 4 is 0 Å². The first kappa shape index (κ1) is 15.4. The monoisotopic (exact) mass is 275 g/mol. The molecular weight excluding hydrogens is 246 g/mol. The lowest BCUT2D eigenvalue weighted by atomic mass is 10.1. The third kappa shape index (κ3) is 4.52. The molecule has 0 heterocycles. The van der Waals surface area contributed by atoms with E-state index in [1.165, 1.54) is 24.8 Å². The summed E-state index contributed by atoms with van der Waals surface area (Å²) in [6.45, 7) is 9.74. The molecule has 112 valence electrons. The van der Waals surface area contributed by atoms with E-state index in [-0.39, 0.29) is 0 Å². The highest BCUT2D eigenvalue weighted by atomic mass is 16.5. The van der Waals surface area contributed by atoms with Crippen LogP contribution < -0.4 is 10.1 Å². The maximum Gasteiger partial charge on any atom is 0.119 e. The summed E-state index contributed by atoms with van der Waals surface area (Å²) < 4.78 is 5.73. The van der Waals surface area contributed by atoms with Crippen LogP contribution in [0.4, 0.5) is 0 Å². The Kier molecular flexibility index (Phi) is 5.47. The lowest BCUT2D eigenvalue weighted by molar-refractivity contribution is 0.271. The smallest absolute Gasteiger partial charge is 0.119 e. The average molecular weight is 275 g/mol. The highest BCUT2D eigenvalue weighted by molar-refractivity contribution is 5.29. The van der Waals surface area contributed by atoms with Gasteiger partial charge in [0, 0.05) is 12.1 Å². The number of benzene rings is 1. The van der Waals surface area contributed by atoms with E-state index >= 15 is 0 Å². The van der Waals surface area contributed by atoms with Gasteiger partial charge in [0.2, 0.25) is 0 Å². The van der Waals surface area contributed by atoms with E-state index in [4.69, 9.17) is 4.74 Å². The zero-order valence-electron chi connectivity index (χ0n) is 13.4. The van der Waals surface area contributed by atoms with Crippen LogP contribution in [0, 0.1) is 11.8 Å². The second-order valence-corrected chi connectivity index (χ2v) is 6.78. The molecule has 0 saturated heterocycles. The van der Waals surface area contributed by atoms with Gasteiger partial charge >= 0.3 is 0 Å². The summed E-state index contributed by atoms with van der Waals surface area (Å²) >= 11 is 0. The Morgan fingerprint density at radius 3 is 2.40 bits per heavy atom.